The zero-order valence-electron chi connectivity index (χ0n) is 24.9. The molecule has 42 heavy (non-hydrogen) atoms. The van der Waals surface area contributed by atoms with Crippen molar-refractivity contribution in [2.24, 2.45) is 11.8 Å². The molecule has 224 valence electrons. The molecule has 3 aromatic rings. The van der Waals surface area contributed by atoms with Crippen LogP contribution in [0.25, 0.3) is 11.0 Å². The van der Waals surface area contributed by atoms with Crippen LogP contribution >= 0.6 is 0 Å². The number of fused-ring (bicyclic) bond motifs is 1. The van der Waals surface area contributed by atoms with Crippen LogP contribution < -0.4 is 10.2 Å². The van der Waals surface area contributed by atoms with E-state index in [0.717, 1.165) is 80.5 Å². The summed E-state index contributed by atoms with van der Waals surface area (Å²) in [4.78, 5) is 31.2. The fourth-order valence-electron chi connectivity index (χ4n) is 7.72. The van der Waals surface area contributed by atoms with Crippen LogP contribution in [0.1, 0.15) is 80.7 Å². The zero-order valence-corrected chi connectivity index (χ0v) is 24.9. The number of rotatable bonds is 6. The van der Waals surface area contributed by atoms with Crippen molar-refractivity contribution < 1.29 is 14.3 Å². The first-order valence-electron chi connectivity index (χ1n) is 15.8. The summed E-state index contributed by atoms with van der Waals surface area (Å²) in [5.41, 5.74) is 2.65. The number of amides is 1. The van der Waals surface area contributed by atoms with Gasteiger partial charge in [0.2, 0.25) is 5.95 Å². The van der Waals surface area contributed by atoms with Gasteiger partial charge in [-0.05, 0) is 68.6 Å². The van der Waals surface area contributed by atoms with Gasteiger partial charge in [-0.25, -0.2) is 9.97 Å². The Balaban J connectivity index is 0.994. The molecule has 5 heterocycles. The highest BCUT2D eigenvalue weighted by atomic mass is 16.7. The van der Waals surface area contributed by atoms with E-state index < -0.39 is 0 Å². The number of hydrogen-bond donors (Lipinski definition) is 1. The van der Waals surface area contributed by atoms with Crippen molar-refractivity contribution >= 4 is 34.4 Å². The second-order valence-electron chi connectivity index (χ2n) is 12.8. The minimum atomic E-state index is -0.260. The Morgan fingerprint density at radius 1 is 0.952 bits per heavy atom. The lowest BCUT2D eigenvalue weighted by molar-refractivity contribution is -0.185. The topological polar surface area (TPSA) is 97.6 Å². The molecule has 4 fully saturated rings. The van der Waals surface area contributed by atoms with Crippen LogP contribution in [0, 0.1) is 11.8 Å². The summed E-state index contributed by atoms with van der Waals surface area (Å²) in [6.45, 7) is 3.64. The standard InChI is InChI=1S/C32H43N7O3/c1-37(2)30(40)27-19-24-20-34-31(36-29(24)39(27)25-5-3-4-6-25)35-28-8-7-26(21-33-28)38-15-11-23(12-16-38)22-9-13-32(14-10-22)41-17-18-42-32/h7-8,19-23,25H,3-6,9-18H2,1-2H3,(H,33,34,35,36). The molecule has 1 spiro atoms. The summed E-state index contributed by atoms with van der Waals surface area (Å²) < 4.78 is 14.0. The molecule has 2 aliphatic carbocycles. The van der Waals surface area contributed by atoms with Crippen LogP contribution in [0.3, 0.4) is 0 Å². The quantitative estimate of drug-likeness (QED) is 0.411. The molecule has 1 N–H and O–H groups in total. The summed E-state index contributed by atoms with van der Waals surface area (Å²) in [5, 5.41) is 4.18. The number of aromatic nitrogens is 4. The Morgan fingerprint density at radius 2 is 1.67 bits per heavy atom. The Labute approximate surface area is 247 Å². The van der Waals surface area contributed by atoms with Gasteiger partial charge in [0, 0.05) is 57.7 Å². The van der Waals surface area contributed by atoms with Crippen molar-refractivity contribution in [3.8, 4) is 0 Å². The summed E-state index contributed by atoms with van der Waals surface area (Å²) in [5.74, 6) is 2.52. The average Bonchev–Trinajstić information content (AvgIpc) is 3.78. The average molecular weight is 574 g/mol. The number of carbonyl (C=O) groups is 1. The van der Waals surface area contributed by atoms with E-state index in [4.69, 9.17) is 19.4 Å². The molecule has 2 saturated carbocycles. The van der Waals surface area contributed by atoms with Crippen molar-refractivity contribution in [2.45, 2.75) is 76.0 Å². The normalized spacial score (nSPS) is 21.9. The van der Waals surface area contributed by atoms with Crippen molar-refractivity contribution in [2.75, 3.05) is 50.6 Å². The third-order valence-corrected chi connectivity index (χ3v) is 10.1. The van der Waals surface area contributed by atoms with Crippen LogP contribution in [0.15, 0.2) is 30.6 Å². The van der Waals surface area contributed by atoms with Gasteiger partial charge in [-0.1, -0.05) is 12.8 Å². The third kappa shape index (κ3) is 5.35. The minimum Gasteiger partial charge on any atom is -0.370 e. The Kier molecular flexibility index (Phi) is 7.52. The first kappa shape index (κ1) is 27.6. The summed E-state index contributed by atoms with van der Waals surface area (Å²) in [6, 6.07) is 6.37. The van der Waals surface area contributed by atoms with Crippen LogP contribution in [-0.2, 0) is 9.47 Å². The summed E-state index contributed by atoms with van der Waals surface area (Å²) in [7, 11) is 3.59. The molecule has 0 aromatic carbocycles. The van der Waals surface area contributed by atoms with Gasteiger partial charge in [0.1, 0.15) is 17.2 Å². The smallest absolute Gasteiger partial charge is 0.270 e. The number of pyridine rings is 1. The van der Waals surface area contributed by atoms with Crippen molar-refractivity contribution in [1.82, 2.24) is 24.4 Å². The van der Waals surface area contributed by atoms with E-state index >= 15 is 0 Å². The van der Waals surface area contributed by atoms with Gasteiger partial charge in [0.25, 0.3) is 5.91 Å². The lowest BCUT2D eigenvalue weighted by Crippen LogP contribution is -2.40. The SMILES string of the molecule is CN(C)C(=O)c1cc2cnc(Nc3ccc(N4CCC(C5CCC6(CC5)OCCO6)CC4)cn3)nc2n1C1CCCC1. The van der Waals surface area contributed by atoms with Gasteiger partial charge in [-0.2, -0.15) is 4.98 Å². The lowest BCUT2D eigenvalue weighted by atomic mass is 9.74. The minimum absolute atomic E-state index is 0.00361. The molecular weight excluding hydrogens is 530 g/mol. The van der Waals surface area contributed by atoms with Crippen molar-refractivity contribution in [3.05, 3.63) is 36.3 Å². The van der Waals surface area contributed by atoms with E-state index in [2.05, 4.69) is 25.8 Å². The van der Waals surface area contributed by atoms with E-state index in [-0.39, 0.29) is 17.7 Å². The Morgan fingerprint density at radius 3 is 2.33 bits per heavy atom. The maximum Gasteiger partial charge on any atom is 0.270 e. The maximum atomic E-state index is 13.0. The van der Waals surface area contributed by atoms with Crippen LogP contribution in [0.5, 0.6) is 0 Å². The second-order valence-corrected chi connectivity index (χ2v) is 12.8. The zero-order chi connectivity index (χ0) is 28.7. The second kappa shape index (κ2) is 11.4. The van der Waals surface area contributed by atoms with Crippen molar-refractivity contribution in [1.29, 1.82) is 0 Å². The van der Waals surface area contributed by atoms with Gasteiger partial charge in [-0.15, -0.1) is 0 Å². The molecule has 1 amide bonds. The lowest BCUT2D eigenvalue weighted by Gasteiger charge is -2.42. The van der Waals surface area contributed by atoms with E-state index in [1.807, 2.05) is 18.3 Å². The highest BCUT2D eigenvalue weighted by Crippen LogP contribution is 2.43. The number of nitrogens with zero attached hydrogens (tertiary/aromatic N) is 6. The molecule has 0 unspecified atom stereocenters. The fraction of sp³-hybridized carbons (Fsp3) is 0.625. The van der Waals surface area contributed by atoms with Gasteiger partial charge in [-0.3, -0.25) is 4.79 Å². The number of anilines is 3. The number of piperidine rings is 1. The van der Waals surface area contributed by atoms with Gasteiger partial charge in [0.15, 0.2) is 5.79 Å². The number of hydrogen-bond acceptors (Lipinski definition) is 8. The summed E-state index contributed by atoms with van der Waals surface area (Å²) >= 11 is 0. The van der Waals surface area contributed by atoms with Gasteiger partial charge in [0.05, 0.1) is 25.1 Å². The summed E-state index contributed by atoms with van der Waals surface area (Å²) in [6.07, 6.45) is 15.2. The maximum absolute atomic E-state index is 13.0. The van der Waals surface area contributed by atoms with E-state index in [1.165, 1.54) is 38.5 Å². The third-order valence-electron chi connectivity index (χ3n) is 10.1. The predicted octanol–water partition coefficient (Wildman–Crippen LogP) is 5.54. The molecule has 7 rings (SSSR count). The largest absolute Gasteiger partial charge is 0.370 e. The molecule has 0 atom stereocenters. The van der Waals surface area contributed by atoms with Crippen LogP contribution in [0.4, 0.5) is 17.5 Å². The van der Waals surface area contributed by atoms with Crippen LogP contribution in [0.2, 0.25) is 0 Å². The molecule has 2 saturated heterocycles. The van der Waals surface area contributed by atoms with E-state index in [9.17, 15) is 4.79 Å². The Bertz CT molecular complexity index is 1390. The highest BCUT2D eigenvalue weighted by molar-refractivity contribution is 5.97. The monoisotopic (exact) mass is 573 g/mol. The van der Waals surface area contributed by atoms with E-state index in [1.54, 1.807) is 25.2 Å². The highest BCUT2D eigenvalue weighted by Gasteiger charge is 2.42. The molecule has 3 aromatic heterocycles. The number of ether oxygens (including phenoxy) is 2. The first-order valence-corrected chi connectivity index (χ1v) is 15.8. The molecule has 0 bridgehead atoms. The Hall–Kier alpha value is -3.24. The van der Waals surface area contributed by atoms with Crippen molar-refractivity contribution in [3.63, 3.8) is 0 Å². The van der Waals surface area contributed by atoms with Gasteiger partial charge < -0.3 is 29.2 Å². The molecule has 10 heteroatoms. The molecular formula is C32H43N7O3. The fourth-order valence-corrected chi connectivity index (χ4v) is 7.72. The first-order chi connectivity index (χ1) is 20.5. The number of nitrogens with one attached hydrogen (secondary N) is 1. The van der Waals surface area contributed by atoms with Crippen LogP contribution in [-0.4, -0.2) is 76.5 Å². The number of carbonyl (C=O) groups excluding carboxylic acids is 1. The molecule has 4 aliphatic rings. The molecule has 2 aliphatic heterocycles. The molecule has 0 radical (unpaired) electrons. The predicted molar refractivity (Wildman–Crippen MR) is 162 cm³/mol. The molecule has 10 nitrogen and oxygen atoms in total. The van der Waals surface area contributed by atoms with Gasteiger partial charge >= 0.3 is 0 Å². The van der Waals surface area contributed by atoms with E-state index in [0.29, 0.717) is 17.5 Å².